The van der Waals surface area contributed by atoms with E-state index in [1.807, 2.05) is 24.3 Å². The van der Waals surface area contributed by atoms with Crippen LogP contribution in [0.25, 0.3) is 0 Å². The van der Waals surface area contributed by atoms with Crippen LogP contribution in [0.3, 0.4) is 0 Å². The van der Waals surface area contributed by atoms with Crippen molar-refractivity contribution in [3.8, 4) is 5.75 Å². The maximum absolute atomic E-state index is 13.1. The highest BCUT2D eigenvalue weighted by molar-refractivity contribution is 5.85. The Morgan fingerprint density at radius 2 is 1.75 bits per heavy atom. The van der Waals surface area contributed by atoms with Gasteiger partial charge in [-0.2, -0.15) is 0 Å². The summed E-state index contributed by atoms with van der Waals surface area (Å²) in [4.78, 5) is 38.1. The lowest BCUT2D eigenvalue weighted by atomic mass is 9.82. The molecule has 2 unspecified atom stereocenters. The third-order valence-electron chi connectivity index (χ3n) is 6.08. The number of ether oxygens (including phenoxy) is 1. The van der Waals surface area contributed by atoms with E-state index in [0.29, 0.717) is 38.5 Å². The molecule has 3 rings (SSSR count). The Morgan fingerprint density at radius 1 is 1.11 bits per heavy atom. The molecule has 1 aromatic rings. The van der Waals surface area contributed by atoms with Crippen molar-refractivity contribution in [1.29, 1.82) is 0 Å². The lowest BCUT2D eigenvalue weighted by molar-refractivity contribution is -0.142. The molecule has 2 N–H and O–H groups in total. The van der Waals surface area contributed by atoms with Crippen LogP contribution in [0.4, 0.5) is 0 Å². The van der Waals surface area contributed by atoms with Gasteiger partial charge in [0.15, 0.2) is 0 Å². The molecule has 0 bridgehead atoms. The van der Waals surface area contributed by atoms with Gasteiger partial charge in [-0.3, -0.25) is 14.4 Å². The van der Waals surface area contributed by atoms with Gasteiger partial charge in [0, 0.05) is 19.5 Å². The second kappa shape index (κ2) is 8.63. The number of likely N-dealkylation sites (tertiary alicyclic amines) is 1. The fraction of sp³-hybridized carbons (Fsp3) is 0.571. The van der Waals surface area contributed by atoms with Crippen molar-refractivity contribution < 1.29 is 24.2 Å². The van der Waals surface area contributed by atoms with E-state index in [4.69, 9.17) is 9.84 Å². The molecule has 1 saturated heterocycles. The van der Waals surface area contributed by atoms with Gasteiger partial charge in [-0.1, -0.05) is 12.1 Å². The molecule has 2 atom stereocenters. The highest BCUT2D eigenvalue weighted by atomic mass is 16.5. The Morgan fingerprint density at radius 3 is 2.32 bits per heavy atom. The first kappa shape index (κ1) is 20.2. The molecule has 1 saturated carbocycles. The normalized spacial score (nSPS) is 27.9. The standard InChI is InChI=1S/C21H28N2O5/c1-23-18(24)12-11-17(19(23)13-5-9-16(28-2)10-6-13)20(25)22-15-7-3-14(4-8-15)21(26)27/h5-6,9-10,14-15,17,19H,3-4,7-8,11-12H2,1-2H3,(H,22,25)(H,26,27). The lowest BCUT2D eigenvalue weighted by Gasteiger charge is -2.39. The van der Waals surface area contributed by atoms with Crippen LogP contribution in [-0.4, -0.2) is 48.0 Å². The summed E-state index contributed by atoms with van der Waals surface area (Å²) in [5, 5.41) is 12.2. The Hall–Kier alpha value is -2.57. The number of aliphatic carboxylic acids is 1. The molecular formula is C21H28N2O5. The minimum absolute atomic E-state index is 0.00236. The van der Waals surface area contributed by atoms with Crippen molar-refractivity contribution in [1.82, 2.24) is 10.2 Å². The van der Waals surface area contributed by atoms with Gasteiger partial charge in [-0.05, 0) is 49.8 Å². The van der Waals surface area contributed by atoms with Gasteiger partial charge < -0.3 is 20.1 Å². The maximum Gasteiger partial charge on any atom is 0.306 e. The Bertz CT molecular complexity index is 725. The van der Waals surface area contributed by atoms with E-state index in [2.05, 4.69) is 5.32 Å². The molecule has 1 aliphatic heterocycles. The monoisotopic (exact) mass is 388 g/mol. The zero-order chi connectivity index (χ0) is 20.3. The van der Waals surface area contributed by atoms with Crippen LogP contribution in [0.1, 0.15) is 50.1 Å². The van der Waals surface area contributed by atoms with E-state index in [0.717, 1.165) is 11.3 Å². The molecule has 2 fully saturated rings. The molecule has 2 aliphatic rings. The van der Waals surface area contributed by atoms with Gasteiger partial charge >= 0.3 is 5.97 Å². The summed E-state index contributed by atoms with van der Waals surface area (Å²) in [6.07, 6.45) is 3.40. The van der Waals surface area contributed by atoms with Crippen LogP contribution in [-0.2, 0) is 14.4 Å². The number of rotatable bonds is 5. The molecule has 2 amide bonds. The number of piperidine rings is 1. The van der Waals surface area contributed by atoms with Gasteiger partial charge in [0.2, 0.25) is 11.8 Å². The van der Waals surface area contributed by atoms with Gasteiger partial charge in [-0.25, -0.2) is 0 Å². The second-order valence-corrected chi connectivity index (χ2v) is 7.76. The van der Waals surface area contributed by atoms with E-state index < -0.39 is 5.97 Å². The molecule has 1 heterocycles. The van der Waals surface area contributed by atoms with Crippen molar-refractivity contribution in [2.75, 3.05) is 14.2 Å². The number of carbonyl (C=O) groups is 3. The van der Waals surface area contributed by atoms with Crippen LogP contribution in [0.5, 0.6) is 5.75 Å². The van der Waals surface area contributed by atoms with E-state index >= 15 is 0 Å². The number of methoxy groups -OCH3 is 1. The number of hydrogen-bond donors (Lipinski definition) is 2. The number of nitrogens with zero attached hydrogens (tertiary/aromatic N) is 1. The average molecular weight is 388 g/mol. The largest absolute Gasteiger partial charge is 0.497 e. The highest BCUT2D eigenvalue weighted by Crippen LogP contribution is 2.37. The molecule has 1 aromatic carbocycles. The summed E-state index contributed by atoms with van der Waals surface area (Å²) in [7, 11) is 3.34. The van der Waals surface area contributed by atoms with E-state index in [-0.39, 0.29) is 35.7 Å². The summed E-state index contributed by atoms with van der Waals surface area (Å²) in [5.74, 6) is -0.681. The minimum Gasteiger partial charge on any atom is -0.497 e. The number of hydrogen-bond acceptors (Lipinski definition) is 4. The van der Waals surface area contributed by atoms with Gasteiger partial charge in [0.25, 0.3) is 0 Å². The Labute approximate surface area is 165 Å². The van der Waals surface area contributed by atoms with Gasteiger partial charge in [-0.15, -0.1) is 0 Å². The summed E-state index contributed by atoms with van der Waals surface area (Å²) in [5.41, 5.74) is 0.908. The molecule has 0 aromatic heterocycles. The quantitative estimate of drug-likeness (QED) is 0.807. The zero-order valence-electron chi connectivity index (χ0n) is 16.4. The summed E-state index contributed by atoms with van der Waals surface area (Å²) < 4.78 is 5.20. The fourth-order valence-corrected chi connectivity index (χ4v) is 4.36. The number of nitrogens with one attached hydrogen (secondary N) is 1. The molecule has 152 valence electrons. The Balaban J connectivity index is 1.71. The summed E-state index contributed by atoms with van der Waals surface area (Å²) >= 11 is 0. The van der Waals surface area contributed by atoms with Crippen molar-refractivity contribution in [3.05, 3.63) is 29.8 Å². The number of amides is 2. The topological polar surface area (TPSA) is 95.9 Å². The summed E-state index contributed by atoms with van der Waals surface area (Å²) in [6.45, 7) is 0. The minimum atomic E-state index is -0.753. The molecule has 1 aliphatic carbocycles. The lowest BCUT2D eigenvalue weighted by Crippen LogP contribution is -2.49. The molecular weight excluding hydrogens is 360 g/mol. The predicted molar refractivity (Wildman–Crippen MR) is 103 cm³/mol. The summed E-state index contributed by atoms with van der Waals surface area (Å²) in [6, 6.07) is 7.16. The average Bonchev–Trinajstić information content (AvgIpc) is 2.70. The number of benzene rings is 1. The van der Waals surface area contributed by atoms with Crippen LogP contribution < -0.4 is 10.1 Å². The SMILES string of the molecule is COc1ccc(C2C(C(=O)NC3CCC(C(=O)O)CC3)CCC(=O)N2C)cc1. The molecule has 7 heteroatoms. The zero-order valence-corrected chi connectivity index (χ0v) is 16.4. The smallest absolute Gasteiger partial charge is 0.306 e. The van der Waals surface area contributed by atoms with Crippen LogP contribution in [0.15, 0.2) is 24.3 Å². The van der Waals surface area contributed by atoms with E-state index in [1.54, 1.807) is 19.1 Å². The van der Waals surface area contributed by atoms with Gasteiger partial charge in [0.1, 0.15) is 5.75 Å². The van der Waals surface area contributed by atoms with Crippen molar-refractivity contribution in [2.24, 2.45) is 11.8 Å². The third-order valence-corrected chi connectivity index (χ3v) is 6.08. The molecule has 0 spiro atoms. The number of carbonyl (C=O) groups excluding carboxylic acids is 2. The van der Waals surface area contributed by atoms with Crippen LogP contribution >= 0.6 is 0 Å². The highest BCUT2D eigenvalue weighted by Gasteiger charge is 2.39. The second-order valence-electron chi connectivity index (χ2n) is 7.76. The first-order chi connectivity index (χ1) is 13.4. The van der Waals surface area contributed by atoms with Crippen molar-refractivity contribution in [2.45, 2.75) is 50.6 Å². The predicted octanol–water partition coefficient (Wildman–Crippen LogP) is 2.36. The van der Waals surface area contributed by atoms with Crippen LogP contribution in [0, 0.1) is 11.8 Å². The first-order valence-corrected chi connectivity index (χ1v) is 9.83. The third kappa shape index (κ3) is 4.29. The van der Waals surface area contributed by atoms with E-state index in [9.17, 15) is 14.4 Å². The Kier molecular flexibility index (Phi) is 6.21. The van der Waals surface area contributed by atoms with Crippen molar-refractivity contribution in [3.63, 3.8) is 0 Å². The molecule has 0 radical (unpaired) electrons. The number of carboxylic acids is 1. The van der Waals surface area contributed by atoms with Crippen LogP contribution in [0.2, 0.25) is 0 Å². The van der Waals surface area contributed by atoms with E-state index in [1.165, 1.54) is 0 Å². The van der Waals surface area contributed by atoms with Crippen molar-refractivity contribution >= 4 is 17.8 Å². The molecule has 28 heavy (non-hydrogen) atoms. The van der Waals surface area contributed by atoms with Gasteiger partial charge in [0.05, 0.1) is 25.0 Å². The number of carboxylic acid groups (broad SMARTS) is 1. The fourth-order valence-electron chi connectivity index (χ4n) is 4.36. The molecule has 7 nitrogen and oxygen atoms in total. The maximum atomic E-state index is 13.1. The first-order valence-electron chi connectivity index (χ1n) is 9.83.